The van der Waals surface area contributed by atoms with E-state index in [1.165, 1.54) is 4.90 Å². The summed E-state index contributed by atoms with van der Waals surface area (Å²) in [6, 6.07) is 5.57. The number of sulfone groups is 1. The van der Waals surface area contributed by atoms with Crippen LogP contribution >= 0.6 is 0 Å². The van der Waals surface area contributed by atoms with E-state index in [-0.39, 0.29) is 23.1 Å². The zero-order valence-electron chi connectivity index (χ0n) is 15.3. The number of likely N-dealkylation sites (tertiary alicyclic amines) is 1. The Hall–Kier alpha value is -2.09. The molecule has 2 rings (SSSR count). The van der Waals surface area contributed by atoms with Gasteiger partial charge < -0.3 is 15.3 Å². The third-order valence-electron chi connectivity index (χ3n) is 4.52. The molecule has 3 unspecified atom stereocenters. The topological polar surface area (TPSA) is 104 Å². The maximum absolute atomic E-state index is 12.5. The van der Waals surface area contributed by atoms with Crippen LogP contribution in [0.1, 0.15) is 25.8 Å². The van der Waals surface area contributed by atoms with Crippen LogP contribution in [0.4, 0.5) is 4.79 Å². The van der Waals surface area contributed by atoms with Gasteiger partial charge in [0.25, 0.3) is 0 Å². The largest absolute Gasteiger partial charge is 0.481 e. The molecular weight excluding hydrogens is 356 g/mol. The van der Waals surface area contributed by atoms with Crippen molar-refractivity contribution in [3.8, 4) is 0 Å². The molecule has 1 aromatic carbocycles. The molecule has 1 aliphatic rings. The number of carbonyl (C=O) groups is 2. The van der Waals surface area contributed by atoms with Crippen molar-refractivity contribution in [1.82, 2.24) is 10.2 Å². The maximum Gasteiger partial charge on any atom is 0.317 e. The minimum absolute atomic E-state index is 0.0854. The highest BCUT2D eigenvalue weighted by atomic mass is 32.2. The van der Waals surface area contributed by atoms with E-state index in [1.54, 1.807) is 31.2 Å². The molecule has 2 N–H and O–H groups in total. The first-order chi connectivity index (χ1) is 12.1. The Bertz CT molecular complexity index is 760. The second kappa shape index (κ2) is 8.07. The minimum Gasteiger partial charge on any atom is -0.481 e. The first-order valence-corrected chi connectivity index (χ1v) is 10.3. The number of rotatable bonds is 5. The molecule has 0 aliphatic carbocycles. The SMILES string of the molecule is Cc1ccc(S(=O)(=O)CC(C)NC(=O)N2CC(C)CC(C(=O)O)C2)cc1. The zero-order chi connectivity index (χ0) is 19.5. The lowest BCUT2D eigenvalue weighted by molar-refractivity contribution is -0.143. The van der Waals surface area contributed by atoms with Crippen molar-refractivity contribution in [2.24, 2.45) is 11.8 Å². The smallest absolute Gasteiger partial charge is 0.317 e. The van der Waals surface area contributed by atoms with Crippen molar-refractivity contribution in [2.45, 2.75) is 38.1 Å². The number of benzene rings is 1. The van der Waals surface area contributed by atoms with E-state index in [0.717, 1.165) is 5.56 Å². The highest BCUT2D eigenvalue weighted by Crippen LogP contribution is 2.22. The number of aliphatic carboxylic acids is 1. The van der Waals surface area contributed by atoms with Gasteiger partial charge in [-0.25, -0.2) is 13.2 Å². The monoisotopic (exact) mass is 382 g/mol. The molecule has 0 saturated carbocycles. The number of nitrogens with zero attached hydrogens (tertiary/aromatic N) is 1. The van der Waals surface area contributed by atoms with Crippen LogP contribution in [0.15, 0.2) is 29.2 Å². The summed E-state index contributed by atoms with van der Waals surface area (Å²) in [5.41, 5.74) is 0.970. The molecule has 144 valence electrons. The molecule has 1 fully saturated rings. The number of piperidine rings is 1. The van der Waals surface area contributed by atoms with Crippen LogP contribution < -0.4 is 5.32 Å². The average Bonchev–Trinajstić information content (AvgIpc) is 2.53. The van der Waals surface area contributed by atoms with Crippen molar-refractivity contribution in [3.05, 3.63) is 29.8 Å². The van der Waals surface area contributed by atoms with Crippen molar-refractivity contribution in [2.75, 3.05) is 18.8 Å². The first kappa shape index (κ1) is 20.2. The normalized spacial score (nSPS) is 21.9. The molecule has 8 heteroatoms. The third-order valence-corrected chi connectivity index (χ3v) is 6.44. The van der Waals surface area contributed by atoms with Gasteiger partial charge in [0.2, 0.25) is 0 Å². The van der Waals surface area contributed by atoms with E-state index in [9.17, 15) is 23.1 Å². The molecule has 0 bridgehead atoms. The molecule has 0 aromatic heterocycles. The molecule has 7 nitrogen and oxygen atoms in total. The minimum atomic E-state index is -3.51. The number of urea groups is 1. The summed E-state index contributed by atoms with van der Waals surface area (Å²) in [6.45, 7) is 6.02. The summed E-state index contributed by atoms with van der Waals surface area (Å²) in [4.78, 5) is 25.3. The molecule has 0 spiro atoms. The molecule has 3 atom stereocenters. The van der Waals surface area contributed by atoms with E-state index in [4.69, 9.17) is 0 Å². The third kappa shape index (κ3) is 5.20. The van der Waals surface area contributed by atoms with Crippen molar-refractivity contribution >= 4 is 21.8 Å². The van der Waals surface area contributed by atoms with Crippen molar-refractivity contribution < 1.29 is 23.1 Å². The standard InChI is InChI=1S/C18H26N2O5S/c1-12-4-6-16(7-5-12)26(24,25)11-14(3)19-18(23)20-9-13(2)8-15(10-20)17(21)22/h4-7,13-15H,8-11H2,1-3H3,(H,19,23)(H,21,22). The quantitative estimate of drug-likeness (QED) is 0.810. The fourth-order valence-electron chi connectivity index (χ4n) is 3.21. The molecule has 2 amide bonds. The number of nitrogens with one attached hydrogen (secondary N) is 1. The van der Waals surface area contributed by atoms with Crippen molar-refractivity contribution in [3.63, 3.8) is 0 Å². The van der Waals surface area contributed by atoms with Crippen LogP contribution in [0, 0.1) is 18.8 Å². The van der Waals surface area contributed by atoms with Gasteiger partial charge in [0.05, 0.1) is 16.6 Å². The Labute approximate surface area is 154 Å². The molecule has 1 saturated heterocycles. The number of hydrogen-bond donors (Lipinski definition) is 2. The second-order valence-corrected chi connectivity index (χ2v) is 9.26. The Morgan fingerprint density at radius 2 is 1.88 bits per heavy atom. The summed E-state index contributed by atoms with van der Waals surface area (Å²) >= 11 is 0. The summed E-state index contributed by atoms with van der Waals surface area (Å²) in [5.74, 6) is -1.63. The van der Waals surface area contributed by atoms with E-state index in [2.05, 4.69) is 5.32 Å². The Morgan fingerprint density at radius 3 is 2.46 bits per heavy atom. The van der Waals surface area contributed by atoms with Gasteiger partial charge in [-0.05, 0) is 38.3 Å². The maximum atomic E-state index is 12.5. The van der Waals surface area contributed by atoms with Gasteiger partial charge >= 0.3 is 12.0 Å². The number of amides is 2. The van der Waals surface area contributed by atoms with Crippen molar-refractivity contribution in [1.29, 1.82) is 0 Å². The molecule has 1 heterocycles. The Balaban J connectivity index is 1.98. The molecule has 26 heavy (non-hydrogen) atoms. The predicted molar refractivity (Wildman–Crippen MR) is 97.7 cm³/mol. The van der Waals surface area contributed by atoms with Gasteiger partial charge in [0, 0.05) is 19.1 Å². The van der Waals surface area contributed by atoms with E-state index in [1.807, 2.05) is 13.8 Å². The van der Waals surface area contributed by atoms with E-state index >= 15 is 0 Å². The van der Waals surface area contributed by atoms with Gasteiger partial charge in [-0.15, -0.1) is 0 Å². The van der Waals surface area contributed by atoms with Crippen LogP contribution in [0.25, 0.3) is 0 Å². The van der Waals surface area contributed by atoms with E-state index < -0.39 is 33.8 Å². The summed E-state index contributed by atoms with van der Waals surface area (Å²) in [5, 5.41) is 11.9. The number of carbonyl (C=O) groups excluding carboxylic acids is 1. The van der Waals surface area contributed by atoms with Gasteiger partial charge in [0.15, 0.2) is 9.84 Å². The van der Waals surface area contributed by atoms with Crippen LogP contribution in [0.2, 0.25) is 0 Å². The molecule has 1 aliphatic heterocycles. The summed E-state index contributed by atoms with van der Waals surface area (Å²) in [7, 11) is -3.51. The van der Waals surface area contributed by atoms with Crippen LogP contribution in [0.3, 0.4) is 0 Å². The lowest BCUT2D eigenvalue weighted by Crippen LogP contribution is -2.52. The van der Waals surface area contributed by atoms with Crippen LogP contribution in [-0.4, -0.2) is 55.3 Å². The zero-order valence-corrected chi connectivity index (χ0v) is 16.1. The predicted octanol–water partition coefficient (Wildman–Crippen LogP) is 1.91. The Morgan fingerprint density at radius 1 is 1.27 bits per heavy atom. The number of carboxylic acids is 1. The van der Waals surface area contributed by atoms with Gasteiger partial charge in [-0.3, -0.25) is 4.79 Å². The number of carboxylic acid groups (broad SMARTS) is 1. The van der Waals surface area contributed by atoms with E-state index in [0.29, 0.717) is 13.0 Å². The second-order valence-electron chi connectivity index (χ2n) is 7.23. The fourth-order valence-corrected chi connectivity index (χ4v) is 4.70. The molecule has 1 aromatic rings. The first-order valence-electron chi connectivity index (χ1n) is 8.66. The van der Waals surface area contributed by atoms with Gasteiger partial charge in [0.1, 0.15) is 0 Å². The van der Waals surface area contributed by atoms with Gasteiger partial charge in [-0.2, -0.15) is 0 Å². The van der Waals surface area contributed by atoms with Crippen LogP contribution in [-0.2, 0) is 14.6 Å². The highest BCUT2D eigenvalue weighted by Gasteiger charge is 2.32. The highest BCUT2D eigenvalue weighted by molar-refractivity contribution is 7.91. The summed E-state index contributed by atoms with van der Waals surface area (Å²) in [6.07, 6.45) is 0.538. The summed E-state index contributed by atoms with van der Waals surface area (Å²) < 4.78 is 24.9. The van der Waals surface area contributed by atoms with Crippen LogP contribution in [0.5, 0.6) is 0 Å². The Kier molecular flexibility index (Phi) is 6.28. The number of aryl methyl sites for hydroxylation is 1. The molecule has 0 radical (unpaired) electrons. The number of hydrogen-bond acceptors (Lipinski definition) is 4. The van der Waals surface area contributed by atoms with Gasteiger partial charge in [-0.1, -0.05) is 24.6 Å². The fraction of sp³-hybridized carbons (Fsp3) is 0.556. The molecular formula is C18H26N2O5S. The lowest BCUT2D eigenvalue weighted by atomic mass is 9.91. The lowest BCUT2D eigenvalue weighted by Gasteiger charge is -2.35. The average molecular weight is 382 g/mol.